The van der Waals surface area contributed by atoms with E-state index >= 15 is 0 Å². The molecule has 5 nitrogen and oxygen atoms in total. The fraction of sp³-hybridized carbons (Fsp3) is 0.692. The van der Waals surface area contributed by atoms with Gasteiger partial charge in [-0.25, -0.2) is 9.97 Å². The first kappa shape index (κ1) is 13.1. The minimum Gasteiger partial charge on any atom is -0.370 e. The van der Waals surface area contributed by atoms with Gasteiger partial charge in [0.15, 0.2) is 0 Å². The van der Waals surface area contributed by atoms with Crippen LogP contribution in [0.15, 0.2) is 6.07 Å². The lowest BCUT2D eigenvalue weighted by molar-refractivity contribution is 0.611. The molecular formula is C13H23N5. The van der Waals surface area contributed by atoms with Gasteiger partial charge in [-0.15, -0.1) is 0 Å². The molecule has 5 heteroatoms. The Morgan fingerprint density at radius 2 is 2.28 bits per heavy atom. The fourth-order valence-corrected chi connectivity index (χ4v) is 2.56. The second kappa shape index (κ2) is 6.00. The second-order valence-electron chi connectivity index (χ2n) is 4.74. The Morgan fingerprint density at radius 1 is 1.44 bits per heavy atom. The summed E-state index contributed by atoms with van der Waals surface area (Å²) in [5.41, 5.74) is 0. The molecule has 0 amide bonds. The molecule has 2 N–H and O–H groups in total. The lowest BCUT2D eigenvalue weighted by atomic mass is 10.2. The van der Waals surface area contributed by atoms with E-state index in [2.05, 4.69) is 38.5 Å². The van der Waals surface area contributed by atoms with Crippen LogP contribution in [0.1, 0.15) is 25.6 Å². The van der Waals surface area contributed by atoms with E-state index in [0.717, 1.165) is 37.1 Å². The number of aryl methyl sites for hydroxylation is 1. The van der Waals surface area contributed by atoms with E-state index in [4.69, 9.17) is 0 Å². The summed E-state index contributed by atoms with van der Waals surface area (Å²) in [6.45, 7) is 7.02. The Bertz CT molecular complexity index is 393. The number of hydrogen-bond donors (Lipinski definition) is 2. The van der Waals surface area contributed by atoms with Crippen LogP contribution < -0.4 is 15.5 Å². The van der Waals surface area contributed by atoms with Crippen LogP contribution in [-0.2, 0) is 0 Å². The Morgan fingerprint density at radius 3 is 3.00 bits per heavy atom. The topological polar surface area (TPSA) is 53.1 Å². The Hall–Kier alpha value is -1.36. The number of nitrogens with one attached hydrogen (secondary N) is 2. The van der Waals surface area contributed by atoms with Gasteiger partial charge in [0.25, 0.3) is 0 Å². The van der Waals surface area contributed by atoms with Crippen LogP contribution in [0.4, 0.5) is 11.6 Å². The average Bonchev–Trinajstić information content (AvgIpc) is 2.77. The minimum atomic E-state index is 0.554. The summed E-state index contributed by atoms with van der Waals surface area (Å²) in [5, 5.41) is 6.53. The van der Waals surface area contributed by atoms with Gasteiger partial charge in [0.1, 0.15) is 17.5 Å². The van der Waals surface area contributed by atoms with Gasteiger partial charge in [0.2, 0.25) is 0 Å². The van der Waals surface area contributed by atoms with Gasteiger partial charge in [-0.05, 0) is 33.7 Å². The normalized spacial score (nSPS) is 19.3. The van der Waals surface area contributed by atoms with Crippen molar-refractivity contribution < 1.29 is 0 Å². The Labute approximate surface area is 109 Å². The molecule has 0 radical (unpaired) electrons. The summed E-state index contributed by atoms with van der Waals surface area (Å²) < 4.78 is 0. The van der Waals surface area contributed by atoms with Crippen molar-refractivity contribution in [1.29, 1.82) is 0 Å². The molecule has 1 unspecified atom stereocenters. The van der Waals surface area contributed by atoms with Gasteiger partial charge in [-0.1, -0.05) is 0 Å². The average molecular weight is 249 g/mol. The summed E-state index contributed by atoms with van der Waals surface area (Å²) in [7, 11) is 2.01. The number of rotatable bonds is 5. The van der Waals surface area contributed by atoms with Crippen molar-refractivity contribution in [2.45, 2.75) is 32.7 Å². The van der Waals surface area contributed by atoms with Gasteiger partial charge in [-0.2, -0.15) is 0 Å². The van der Waals surface area contributed by atoms with E-state index in [9.17, 15) is 0 Å². The van der Waals surface area contributed by atoms with Crippen molar-refractivity contribution in [2.24, 2.45) is 0 Å². The molecule has 1 aromatic heterocycles. The summed E-state index contributed by atoms with van der Waals surface area (Å²) in [6, 6.07) is 2.61. The third kappa shape index (κ3) is 2.90. The largest absolute Gasteiger partial charge is 0.370 e. The predicted octanol–water partition coefficient (Wildman–Crippen LogP) is 1.41. The van der Waals surface area contributed by atoms with Gasteiger partial charge in [-0.3, -0.25) is 0 Å². The zero-order valence-electron chi connectivity index (χ0n) is 11.5. The highest BCUT2D eigenvalue weighted by Crippen LogP contribution is 2.25. The van der Waals surface area contributed by atoms with Crippen molar-refractivity contribution in [1.82, 2.24) is 15.3 Å². The molecule has 0 spiro atoms. The number of aromatic nitrogens is 2. The van der Waals surface area contributed by atoms with E-state index in [1.807, 2.05) is 14.0 Å². The predicted molar refractivity (Wildman–Crippen MR) is 75.2 cm³/mol. The van der Waals surface area contributed by atoms with Crippen LogP contribution in [0.25, 0.3) is 0 Å². The van der Waals surface area contributed by atoms with E-state index < -0.39 is 0 Å². The lowest BCUT2D eigenvalue weighted by Gasteiger charge is -2.26. The fourth-order valence-electron chi connectivity index (χ4n) is 2.56. The van der Waals surface area contributed by atoms with Crippen LogP contribution in [0.3, 0.4) is 0 Å². The van der Waals surface area contributed by atoms with E-state index in [1.165, 1.54) is 12.8 Å². The highest BCUT2D eigenvalue weighted by Gasteiger charge is 2.25. The molecule has 1 aliphatic heterocycles. The van der Waals surface area contributed by atoms with Crippen LogP contribution in [0.2, 0.25) is 0 Å². The van der Waals surface area contributed by atoms with Crippen LogP contribution in [0, 0.1) is 6.92 Å². The van der Waals surface area contributed by atoms with Crippen molar-refractivity contribution in [3.63, 3.8) is 0 Å². The van der Waals surface area contributed by atoms with Crippen molar-refractivity contribution >= 4 is 11.6 Å². The molecular weight excluding hydrogens is 226 g/mol. The monoisotopic (exact) mass is 249 g/mol. The van der Waals surface area contributed by atoms with Crippen LogP contribution in [0.5, 0.6) is 0 Å². The lowest BCUT2D eigenvalue weighted by Crippen LogP contribution is -2.37. The standard InChI is InChI=1S/C13H23N5/c1-4-15-12-8-13(17-10(2)16-12)18-7-5-6-11(18)9-14-3/h8,11,14H,4-7,9H2,1-3H3,(H,15,16,17). The molecule has 18 heavy (non-hydrogen) atoms. The smallest absolute Gasteiger partial charge is 0.134 e. The zero-order valence-corrected chi connectivity index (χ0v) is 11.5. The van der Waals surface area contributed by atoms with Crippen molar-refractivity contribution in [3.05, 3.63) is 11.9 Å². The first-order valence-electron chi connectivity index (χ1n) is 6.75. The quantitative estimate of drug-likeness (QED) is 0.826. The molecule has 100 valence electrons. The Kier molecular flexibility index (Phi) is 4.36. The molecule has 1 atom stereocenters. The van der Waals surface area contributed by atoms with Gasteiger partial charge >= 0.3 is 0 Å². The summed E-state index contributed by atoms with van der Waals surface area (Å²) >= 11 is 0. The highest BCUT2D eigenvalue weighted by molar-refractivity contribution is 5.50. The van der Waals surface area contributed by atoms with Gasteiger partial charge in [0.05, 0.1) is 0 Å². The Balaban J connectivity index is 2.20. The molecule has 2 heterocycles. The first-order chi connectivity index (χ1) is 8.74. The summed E-state index contributed by atoms with van der Waals surface area (Å²) in [4.78, 5) is 11.4. The van der Waals surface area contributed by atoms with Crippen molar-refractivity contribution in [2.75, 3.05) is 36.9 Å². The van der Waals surface area contributed by atoms with Gasteiger partial charge in [0, 0.05) is 31.7 Å². The zero-order chi connectivity index (χ0) is 13.0. The summed E-state index contributed by atoms with van der Waals surface area (Å²) in [6.07, 6.45) is 2.48. The van der Waals surface area contributed by atoms with Crippen LogP contribution >= 0.6 is 0 Å². The molecule has 1 fully saturated rings. The highest BCUT2D eigenvalue weighted by atomic mass is 15.3. The maximum absolute atomic E-state index is 4.58. The SMILES string of the molecule is CCNc1cc(N2CCCC2CNC)nc(C)n1. The first-order valence-corrected chi connectivity index (χ1v) is 6.75. The van der Waals surface area contributed by atoms with Crippen LogP contribution in [-0.4, -0.2) is 42.7 Å². The third-order valence-electron chi connectivity index (χ3n) is 3.29. The van der Waals surface area contributed by atoms with E-state index in [-0.39, 0.29) is 0 Å². The molecule has 0 bridgehead atoms. The number of hydrogen-bond acceptors (Lipinski definition) is 5. The maximum Gasteiger partial charge on any atom is 0.134 e. The number of nitrogens with zero attached hydrogens (tertiary/aromatic N) is 3. The molecule has 0 aromatic carbocycles. The van der Waals surface area contributed by atoms with E-state index in [1.54, 1.807) is 0 Å². The molecule has 1 saturated heterocycles. The number of anilines is 2. The summed E-state index contributed by atoms with van der Waals surface area (Å²) in [5.74, 6) is 2.81. The maximum atomic E-state index is 4.58. The molecule has 0 saturated carbocycles. The number of likely N-dealkylation sites (N-methyl/N-ethyl adjacent to an activating group) is 1. The van der Waals surface area contributed by atoms with Gasteiger partial charge < -0.3 is 15.5 Å². The van der Waals surface area contributed by atoms with E-state index in [0.29, 0.717) is 6.04 Å². The molecule has 1 aliphatic rings. The molecule has 2 rings (SSSR count). The molecule has 1 aromatic rings. The van der Waals surface area contributed by atoms with Crippen molar-refractivity contribution in [3.8, 4) is 0 Å². The third-order valence-corrected chi connectivity index (χ3v) is 3.29. The second-order valence-corrected chi connectivity index (χ2v) is 4.74. The molecule has 0 aliphatic carbocycles. The minimum absolute atomic E-state index is 0.554.